The zero-order valence-corrected chi connectivity index (χ0v) is 9.28. The molecule has 6 heteroatoms. The van der Waals surface area contributed by atoms with E-state index in [-0.39, 0.29) is 12.2 Å². The first-order valence-electron chi connectivity index (χ1n) is 5.11. The monoisotopic (exact) mass is 260 g/mol. The van der Waals surface area contributed by atoms with E-state index in [1.54, 1.807) is 18.2 Å². The second-order valence-corrected chi connectivity index (χ2v) is 3.46. The molecule has 0 amide bonds. The van der Waals surface area contributed by atoms with Gasteiger partial charge in [0, 0.05) is 6.42 Å². The minimum absolute atomic E-state index is 0.0186. The van der Waals surface area contributed by atoms with Crippen LogP contribution >= 0.6 is 0 Å². The van der Waals surface area contributed by atoms with E-state index in [9.17, 15) is 18.0 Å². The van der Waals surface area contributed by atoms with Gasteiger partial charge in [-0.2, -0.15) is 0 Å². The van der Waals surface area contributed by atoms with Crippen LogP contribution in [-0.4, -0.2) is 17.4 Å². The summed E-state index contributed by atoms with van der Waals surface area (Å²) in [5.74, 6) is -1.23. The molecular formula is C12H11F3O3. The van der Waals surface area contributed by atoms with Gasteiger partial charge in [0.25, 0.3) is 0 Å². The lowest BCUT2D eigenvalue weighted by Crippen LogP contribution is -2.17. The van der Waals surface area contributed by atoms with E-state index < -0.39 is 12.3 Å². The molecule has 0 radical (unpaired) electrons. The number of carbonyl (C=O) groups is 1. The maximum atomic E-state index is 12.0. The summed E-state index contributed by atoms with van der Waals surface area (Å²) in [6.45, 7) is 0. The lowest BCUT2D eigenvalue weighted by atomic mass is 10.2. The highest BCUT2D eigenvalue weighted by atomic mass is 19.4. The first-order valence-corrected chi connectivity index (χ1v) is 5.11. The molecule has 0 spiro atoms. The third kappa shape index (κ3) is 5.93. The molecule has 0 unspecified atom stereocenters. The number of allylic oxidation sites excluding steroid dienone is 1. The lowest BCUT2D eigenvalue weighted by Gasteiger charge is -2.08. The molecule has 0 bridgehead atoms. The molecule has 0 aliphatic heterocycles. The first kappa shape index (κ1) is 14.1. The summed E-state index contributed by atoms with van der Waals surface area (Å²) < 4.78 is 39.6. The van der Waals surface area contributed by atoms with Crippen molar-refractivity contribution in [3.8, 4) is 5.75 Å². The standard InChI is InChI=1S/C12H11F3O3/c13-12(14,15)18-10-6-3-5-9(8-10)4-1-2-7-11(16)17/h1,3-6,8H,2,7H2,(H,16,17). The Morgan fingerprint density at radius 1 is 1.39 bits per heavy atom. The summed E-state index contributed by atoms with van der Waals surface area (Å²) >= 11 is 0. The number of benzene rings is 1. The van der Waals surface area contributed by atoms with Crippen LogP contribution in [-0.2, 0) is 4.79 Å². The van der Waals surface area contributed by atoms with Crippen molar-refractivity contribution in [2.24, 2.45) is 0 Å². The second-order valence-electron chi connectivity index (χ2n) is 3.46. The Hall–Kier alpha value is -1.98. The molecule has 1 aromatic carbocycles. The lowest BCUT2D eigenvalue weighted by molar-refractivity contribution is -0.274. The summed E-state index contributed by atoms with van der Waals surface area (Å²) in [6.07, 6.45) is -1.28. The van der Waals surface area contributed by atoms with Crippen molar-refractivity contribution in [1.29, 1.82) is 0 Å². The first-order chi connectivity index (χ1) is 8.37. The summed E-state index contributed by atoms with van der Waals surface area (Å²) in [5.41, 5.74) is 0.516. The molecule has 0 aliphatic rings. The highest BCUT2D eigenvalue weighted by Gasteiger charge is 2.30. The Bertz CT molecular complexity index is 438. The van der Waals surface area contributed by atoms with Crippen molar-refractivity contribution < 1.29 is 27.8 Å². The topological polar surface area (TPSA) is 46.5 Å². The number of ether oxygens (including phenoxy) is 1. The number of hydrogen-bond acceptors (Lipinski definition) is 2. The van der Waals surface area contributed by atoms with E-state index >= 15 is 0 Å². The van der Waals surface area contributed by atoms with Gasteiger partial charge in [0.1, 0.15) is 5.75 Å². The van der Waals surface area contributed by atoms with Crippen molar-refractivity contribution in [2.75, 3.05) is 0 Å². The van der Waals surface area contributed by atoms with Gasteiger partial charge in [-0.1, -0.05) is 24.3 Å². The molecule has 0 saturated heterocycles. The van der Waals surface area contributed by atoms with Crippen molar-refractivity contribution >= 4 is 12.0 Å². The number of carboxylic acid groups (broad SMARTS) is 1. The molecule has 0 aliphatic carbocycles. The predicted molar refractivity (Wildman–Crippen MR) is 59.0 cm³/mol. The number of hydrogen-bond donors (Lipinski definition) is 1. The molecule has 0 aromatic heterocycles. The highest BCUT2D eigenvalue weighted by molar-refractivity contribution is 5.67. The van der Waals surface area contributed by atoms with E-state index in [2.05, 4.69) is 4.74 Å². The number of alkyl halides is 3. The normalized spacial score (nSPS) is 11.7. The third-order valence-corrected chi connectivity index (χ3v) is 1.93. The van der Waals surface area contributed by atoms with Crippen LogP contribution in [0.5, 0.6) is 5.75 Å². The Balaban J connectivity index is 2.62. The van der Waals surface area contributed by atoms with Crippen LogP contribution in [0.4, 0.5) is 13.2 Å². The quantitative estimate of drug-likeness (QED) is 0.881. The minimum atomic E-state index is -4.72. The molecule has 0 fully saturated rings. The van der Waals surface area contributed by atoms with Gasteiger partial charge in [0.2, 0.25) is 0 Å². The molecule has 18 heavy (non-hydrogen) atoms. The zero-order chi connectivity index (χ0) is 13.6. The average Bonchev–Trinajstić information content (AvgIpc) is 2.22. The van der Waals surface area contributed by atoms with E-state index in [1.807, 2.05) is 0 Å². The van der Waals surface area contributed by atoms with Gasteiger partial charge >= 0.3 is 12.3 Å². The predicted octanol–water partition coefficient (Wildman–Crippen LogP) is 3.46. The SMILES string of the molecule is O=C(O)CCC=Cc1cccc(OC(F)(F)F)c1. The van der Waals surface area contributed by atoms with E-state index in [0.717, 1.165) is 0 Å². The van der Waals surface area contributed by atoms with E-state index in [1.165, 1.54) is 18.2 Å². The molecule has 1 N–H and O–H groups in total. The van der Waals surface area contributed by atoms with E-state index in [4.69, 9.17) is 5.11 Å². The maximum Gasteiger partial charge on any atom is 0.573 e. The van der Waals surface area contributed by atoms with Gasteiger partial charge < -0.3 is 9.84 Å². The van der Waals surface area contributed by atoms with Gasteiger partial charge in [0.05, 0.1) is 0 Å². The zero-order valence-electron chi connectivity index (χ0n) is 9.28. The number of halogens is 3. The molecule has 1 rings (SSSR count). The van der Waals surface area contributed by atoms with Crippen molar-refractivity contribution in [3.05, 3.63) is 35.9 Å². The van der Waals surface area contributed by atoms with Gasteiger partial charge in [-0.3, -0.25) is 4.79 Å². The molecule has 0 heterocycles. The fourth-order valence-corrected chi connectivity index (χ4v) is 1.24. The van der Waals surface area contributed by atoms with Crippen LogP contribution in [0.15, 0.2) is 30.3 Å². The maximum absolute atomic E-state index is 12.0. The second kappa shape index (κ2) is 6.09. The Morgan fingerprint density at radius 2 is 2.11 bits per heavy atom. The van der Waals surface area contributed by atoms with Crippen LogP contribution in [0.1, 0.15) is 18.4 Å². The van der Waals surface area contributed by atoms with Crippen molar-refractivity contribution in [2.45, 2.75) is 19.2 Å². The largest absolute Gasteiger partial charge is 0.573 e. The summed E-state index contributed by atoms with van der Waals surface area (Å²) in [4.78, 5) is 10.2. The summed E-state index contributed by atoms with van der Waals surface area (Å²) in [7, 11) is 0. The number of rotatable bonds is 5. The summed E-state index contributed by atoms with van der Waals surface area (Å²) in [5, 5.41) is 8.40. The van der Waals surface area contributed by atoms with Gasteiger partial charge in [-0.25, -0.2) is 0 Å². The van der Waals surface area contributed by atoms with E-state index in [0.29, 0.717) is 12.0 Å². The number of aliphatic carboxylic acids is 1. The highest BCUT2D eigenvalue weighted by Crippen LogP contribution is 2.23. The van der Waals surface area contributed by atoms with Gasteiger partial charge in [-0.15, -0.1) is 13.2 Å². The smallest absolute Gasteiger partial charge is 0.481 e. The molecular weight excluding hydrogens is 249 g/mol. The summed E-state index contributed by atoms with van der Waals surface area (Å²) in [6, 6.07) is 5.45. The third-order valence-electron chi connectivity index (χ3n) is 1.93. The van der Waals surface area contributed by atoms with Crippen LogP contribution in [0, 0.1) is 0 Å². The van der Waals surface area contributed by atoms with Gasteiger partial charge in [0.15, 0.2) is 0 Å². The Morgan fingerprint density at radius 3 is 2.72 bits per heavy atom. The molecule has 98 valence electrons. The number of carboxylic acids is 1. The fourth-order valence-electron chi connectivity index (χ4n) is 1.24. The Kier molecular flexibility index (Phi) is 4.76. The Labute approximate surface area is 101 Å². The molecule has 3 nitrogen and oxygen atoms in total. The van der Waals surface area contributed by atoms with Crippen molar-refractivity contribution in [1.82, 2.24) is 0 Å². The minimum Gasteiger partial charge on any atom is -0.481 e. The van der Waals surface area contributed by atoms with Crippen molar-refractivity contribution in [3.63, 3.8) is 0 Å². The fraction of sp³-hybridized carbons (Fsp3) is 0.250. The molecule has 1 aromatic rings. The average molecular weight is 260 g/mol. The van der Waals surface area contributed by atoms with Gasteiger partial charge in [-0.05, 0) is 24.1 Å². The molecule has 0 saturated carbocycles. The van der Waals surface area contributed by atoms with Crippen LogP contribution in [0.3, 0.4) is 0 Å². The van der Waals surface area contributed by atoms with Crippen LogP contribution < -0.4 is 4.74 Å². The molecule has 0 atom stereocenters. The van der Waals surface area contributed by atoms with Crippen LogP contribution in [0.2, 0.25) is 0 Å². The van der Waals surface area contributed by atoms with Crippen LogP contribution in [0.25, 0.3) is 6.08 Å².